The maximum absolute atomic E-state index is 10.5. The van der Waals surface area contributed by atoms with E-state index in [0.717, 1.165) is 0 Å². The predicted octanol–water partition coefficient (Wildman–Crippen LogP) is -5.28. The number of aliphatic hydroxyl groups is 14. The SMILES string of the molecule is CO[C@H]1OC(CSCCNC(=S)NCC(COCCCS[C@@H]2OC(CO)[C@@H](O)[C@H](O)C2O)(COCCCS[C@@H]2OC(CO)[C@@H](O)[C@H](O)C2O)COCCCS[C@@H]2OC(CO)[C@@H](O)[C@H](O)C2O)C(C)[C@H](O)C1O. The van der Waals surface area contributed by atoms with Crippen molar-refractivity contribution in [3.8, 4) is 0 Å². The monoisotopic (exact) mass is 1140 g/mol. The van der Waals surface area contributed by atoms with Crippen LogP contribution in [0.25, 0.3) is 0 Å². The zero-order valence-corrected chi connectivity index (χ0v) is 44.6. The summed E-state index contributed by atoms with van der Waals surface area (Å²) in [6.07, 6.45) is -18.1. The van der Waals surface area contributed by atoms with Crippen molar-refractivity contribution in [2.45, 2.75) is 140 Å². The van der Waals surface area contributed by atoms with E-state index < -0.39 is 133 Å². The number of methoxy groups -OCH3 is 1. The number of rotatable bonds is 32. The van der Waals surface area contributed by atoms with Crippen molar-refractivity contribution in [1.29, 1.82) is 0 Å². The summed E-state index contributed by atoms with van der Waals surface area (Å²) in [4.78, 5) is 0. The van der Waals surface area contributed by atoms with Gasteiger partial charge in [-0.3, -0.25) is 0 Å². The summed E-state index contributed by atoms with van der Waals surface area (Å²) >= 11 is 10.9. The molecule has 0 radical (unpaired) electrons. The molecular weight excluding hydrogens is 1060 g/mol. The molecule has 424 valence electrons. The topological polar surface area (TPSA) is 381 Å². The summed E-state index contributed by atoms with van der Waals surface area (Å²) in [6, 6.07) is 0. The molecule has 4 aliphatic heterocycles. The molecule has 0 aliphatic carbocycles. The Morgan fingerprint density at radius 2 is 0.917 bits per heavy atom. The Bertz CT molecular complexity index is 1380. The fourth-order valence-corrected chi connectivity index (χ4v) is 12.6. The van der Waals surface area contributed by atoms with Crippen LogP contribution in [0.1, 0.15) is 26.2 Å². The highest BCUT2D eigenvalue weighted by molar-refractivity contribution is 8.00. The van der Waals surface area contributed by atoms with Gasteiger partial charge in [-0.15, -0.1) is 35.3 Å². The zero-order valence-electron chi connectivity index (χ0n) is 40.6. The molecule has 20 atom stereocenters. The summed E-state index contributed by atoms with van der Waals surface area (Å²) in [5.41, 5.74) is -3.57. The minimum absolute atomic E-state index is 0.102. The highest BCUT2D eigenvalue weighted by Crippen LogP contribution is 2.33. The van der Waals surface area contributed by atoms with Crippen LogP contribution in [0.4, 0.5) is 0 Å². The second kappa shape index (κ2) is 33.6. The standard InChI is InChI=1S/C43H80N2O22S5/c1-22-26(64-38(60-2)34(56)27(22)49)17-69-13-6-44-42(68)45-18-43(19-61-7-3-10-70-39-35(57)31(53)28(50)23(14-46)65-39,20-62-8-4-11-71-40-36(58)32(54)29(51)24(15-47)66-40)21-63-9-5-12-72-41-37(59)33(55)30(52)25(16-48)67-41/h22-41,46-59H,3-21H2,1-2H3,(H2,44,45,68)/t22?,23?,24?,25?,26?,27-,28+,29+,30+,31-,32-,33-,34?,35?,36?,37?,38-,39-,40-,41-,43?/m0/s1. The second-order valence-electron chi connectivity index (χ2n) is 18.2. The Kier molecular flexibility index (Phi) is 30.2. The number of hydrogen-bond acceptors (Lipinski definition) is 27. The number of thiocarbonyl (C=S) groups is 1. The van der Waals surface area contributed by atoms with Crippen molar-refractivity contribution in [3.05, 3.63) is 0 Å². The molecule has 29 heteroatoms. The molecule has 16 N–H and O–H groups in total. The fraction of sp³-hybridized carbons (Fsp3) is 0.977. The molecule has 0 amide bonds. The Balaban J connectivity index is 1.37. The summed E-state index contributed by atoms with van der Waals surface area (Å²) in [6.45, 7) is 1.88. The summed E-state index contributed by atoms with van der Waals surface area (Å²) in [5, 5.41) is 149. The largest absolute Gasteiger partial charge is 0.394 e. The van der Waals surface area contributed by atoms with Gasteiger partial charge in [0.15, 0.2) is 11.4 Å². The van der Waals surface area contributed by atoms with Crippen LogP contribution in [0.3, 0.4) is 0 Å². The molecule has 0 saturated carbocycles. The van der Waals surface area contributed by atoms with Gasteiger partial charge < -0.3 is 120 Å². The lowest BCUT2D eigenvalue weighted by Gasteiger charge is -2.40. The van der Waals surface area contributed by atoms with E-state index in [-0.39, 0.29) is 58.2 Å². The third kappa shape index (κ3) is 19.2. The smallest absolute Gasteiger partial charge is 0.186 e. The number of thioether (sulfide) groups is 4. The summed E-state index contributed by atoms with van der Waals surface area (Å²) < 4.78 is 46.7. The first-order valence-corrected chi connectivity index (χ1v) is 28.8. The molecule has 0 bridgehead atoms. The zero-order chi connectivity index (χ0) is 53.0. The molecule has 0 spiro atoms. The number of hydrogen-bond donors (Lipinski definition) is 16. The van der Waals surface area contributed by atoms with Crippen molar-refractivity contribution in [2.75, 3.05) is 108 Å². The molecule has 24 nitrogen and oxygen atoms in total. The average Bonchev–Trinajstić information content (AvgIpc) is 3.38. The lowest BCUT2D eigenvalue weighted by atomic mass is 9.90. The Morgan fingerprint density at radius 3 is 1.29 bits per heavy atom. The molecule has 0 aromatic rings. The van der Waals surface area contributed by atoms with E-state index in [1.54, 1.807) is 11.8 Å². The highest BCUT2D eigenvalue weighted by Gasteiger charge is 2.46. The molecule has 9 unspecified atom stereocenters. The number of nitrogens with one attached hydrogen (secondary N) is 2. The van der Waals surface area contributed by atoms with Crippen LogP contribution in [0.2, 0.25) is 0 Å². The van der Waals surface area contributed by atoms with E-state index in [1.165, 1.54) is 42.4 Å². The van der Waals surface area contributed by atoms with Gasteiger partial charge in [-0.05, 0) is 48.7 Å². The quantitative estimate of drug-likeness (QED) is 0.0221. The van der Waals surface area contributed by atoms with Gasteiger partial charge in [-0.1, -0.05) is 6.92 Å². The Morgan fingerprint density at radius 1 is 0.514 bits per heavy atom. The molecule has 72 heavy (non-hydrogen) atoms. The molecule has 4 heterocycles. The highest BCUT2D eigenvalue weighted by atomic mass is 32.2. The van der Waals surface area contributed by atoms with E-state index in [1.807, 2.05) is 6.92 Å². The first kappa shape index (κ1) is 64.7. The van der Waals surface area contributed by atoms with E-state index in [0.29, 0.717) is 59.7 Å². The van der Waals surface area contributed by atoms with Crippen molar-refractivity contribution in [2.24, 2.45) is 11.3 Å². The number of aliphatic hydroxyl groups excluding tert-OH is 14. The van der Waals surface area contributed by atoms with Crippen molar-refractivity contribution < 1.29 is 109 Å². The van der Waals surface area contributed by atoms with Gasteiger partial charge in [0.25, 0.3) is 0 Å². The van der Waals surface area contributed by atoms with Crippen LogP contribution in [0, 0.1) is 11.3 Å². The van der Waals surface area contributed by atoms with Gasteiger partial charge in [-0.2, -0.15) is 11.8 Å². The number of ether oxygens (including phenoxy) is 8. The van der Waals surface area contributed by atoms with Crippen LogP contribution >= 0.6 is 59.3 Å². The molecule has 4 aliphatic rings. The maximum atomic E-state index is 10.5. The summed E-state index contributed by atoms with van der Waals surface area (Å²) in [7, 11) is 1.40. The van der Waals surface area contributed by atoms with Crippen molar-refractivity contribution in [3.63, 3.8) is 0 Å². The third-order valence-corrected chi connectivity index (χ3v) is 17.7. The minimum atomic E-state index is -1.50. The second-order valence-corrected chi connectivity index (χ2v) is 23.4. The van der Waals surface area contributed by atoms with Crippen molar-refractivity contribution in [1.82, 2.24) is 10.6 Å². The van der Waals surface area contributed by atoms with Crippen LogP contribution in [-0.4, -0.2) is 299 Å². The van der Waals surface area contributed by atoms with Gasteiger partial charge in [0.1, 0.15) is 95.7 Å². The minimum Gasteiger partial charge on any atom is -0.394 e. The van der Waals surface area contributed by atoms with E-state index in [4.69, 9.17) is 50.1 Å². The van der Waals surface area contributed by atoms with Gasteiger partial charge in [0.05, 0.1) is 57.3 Å². The first-order chi connectivity index (χ1) is 34.4. The van der Waals surface area contributed by atoms with Crippen LogP contribution in [0.15, 0.2) is 0 Å². The lowest BCUT2D eigenvalue weighted by Crippen LogP contribution is -2.57. The van der Waals surface area contributed by atoms with Crippen LogP contribution < -0.4 is 10.6 Å². The molecule has 0 aromatic carbocycles. The van der Waals surface area contributed by atoms with E-state index >= 15 is 0 Å². The Hall–Kier alpha value is 0.210. The summed E-state index contributed by atoms with van der Waals surface area (Å²) in [5.74, 6) is 2.10. The Labute approximate surface area is 442 Å². The molecule has 4 saturated heterocycles. The first-order valence-electron chi connectivity index (χ1n) is 24.1. The molecule has 4 rings (SSSR count). The predicted molar refractivity (Wildman–Crippen MR) is 270 cm³/mol. The van der Waals surface area contributed by atoms with Gasteiger partial charge >= 0.3 is 0 Å². The van der Waals surface area contributed by atoms with E-state index in [2.05, 4.69) is 10.6 Å². The average molecular weight is 1140 g/mol. The third-order valence-electron chi connectivity index (χ3n) is 12.6. The van der Waals surface area contributed by atoms with Crippen LogP contribution in [-0.2, 0) is 37.9 Å². The molecule has 0 aromatic heterocycles. The van der Waals surface area contributed by atoms with E-state index in [9.17, 15) is 71.5 Å². The maximum Gasteiger partial charge on any atom is 0.186 e. The van der Waals surface area contributed by atoms with Crippen molar-refractivity contribution >= 4 is 64.4 Å². The normalized spacial score (nSPS) is 38.3. The van der Waals surface area contributed by atoms with Crippen LogP contribution in [0.5, 0.6) is 0 Å². The lowest BCUT2D eigenvalue weighted by molar-refractivity contribution is -0.270. The molecule has 4 fully saturated rings. The van der Waals surface area contributed by atoms with Gasteiger partial charge in [0.2, 0.25) is 0 Å². The fourth-order valence-electron chi connectivity index (χ4n) is 8.06. The van der Waals surface area contributed by atoms with Gasteiger partial charge in [0, 0.05) is 57.4 Å². The molecular formula is C43H80N2O22S5. The van der Waals surface area contributed by atoms with Gasteiger partial charge in [-0.25, -0.2) is 0 Å².